The first kappa shape index (κ1) is 15.4. The minimum atomic E-state index is -3.54. The van der Waals surface area contributed by atoms with E-state index in [4.69, 9.17) is 16.0 Å². The van der Waals surface area contributed by atoms with Crippen molar-refractivity contribution >= 4 is 37.6 Å². The summed E-state index contributed by atoms with van der Waals surface area (Å²) in [7, 11) is -3.54. The summed E-state index contributed by atoms with van der Waals surface area (Å²) in [5, 5.41) is 0. The van der Waals surface area contributed by atoms with Crippen molar-refractivity contribution in [1.29, 1.82) is 0 Å². The number of furan rings is 1. The molecule has 0 unspecified atom stereocenters. The third kappa shape index (κ3) is 3.35. The fourth-order valence-electron chi connectivity index (χ4n) is 1.91. The van der Waals surface area contributed by atoms with Crippen LogP contribution in [0.5, 0.6) is 0 Å². The standard InChI is InChI=1S/C12H17BrClNO3S/c1-8(2)15(7-9-3-4-9)19(16,17)11-5-10(6-14)18-12(11)13/h5,8-9H,3-4,6-7H2,1-2H3. The first-order valence-electron chi connectivity index (χ1n) is 6.22. The molecular weight excluding hydrogens is 354 g/mol. The molecule has 1 fully saturated rings. The highest BCUT2D eigenvalue weighted by Crippen LogP contribution is 2.35. The Labute approximate surface area is 127 Å². The van der Waals surface area contributed by atoms with E-state index in [-0.39, 0.29) is 21.5 Å². The van der Waals surface area contributed by atoms with Crippen LogP contribution < -0.4 is 0 Å². The van der Waals surface area contributed by atoms with Gasteiger partial charge in [0.2, 0.25) is 10.0 Å². The third-order valence-corrected chi connectivity index (χ3v) is 6.30. The normalized spacial score (nSPS) is 16.5. The minimum Gasteiger partial charge on any atom is -0.452 e. The summed E-state index contributed by atoms with van der Waals surface area (Å²) in [5.74, 6) is 1.09. The molecular formula is C12H17BrClNO3S. The van der Waals surface area contributed by atoms with Gasteiger partial charge in [0, 0.05) is 18.7 Å². The molecule has 108 valence electrons. The van der Waals surface area contributed by atoms with Gasteiger partial charge in [0.1, 0.15) is 10.7 Å². The molecule has 1 aliphatic carbocycles. The second-order valence-corrected chi connectivity index (χ2v) is 7.94. The first-order chi connectivity index (χ1) is 8.86. The molecule has 0 spiro atoms. The molecule has 1 aliphatic rings. The molecule has 1 heterocycles. The van der Waals surface area contributed by atoms with Crippen LogP contribution >= 0.6 is 27.5 Å². The van der Waals surface area contributed by atoms with Crippen LogP contribution in [0.3, 0.4) is 0 Å². The van der Waals surface area contributed by atoms with Crippen LogP contribution in [0.25, 0.3) is 0 Å². The second kappa shape index (κ2) is 5.76. The van der Waals surface area contributed by atoms with E-state index >= 15 is 0 Å². The fraction of sp³-hybridized carbons (Fsp3) is 0.667. The summed E-state index contributed by atoms with van der Waals surface area (Å²) in [4.78, 5) is 0.164. The zero-order chi connectivity index (χ0) is 14.2. The monoisotopic (exact) mass is 369 g/mol. The van der Waals surface area contributed by atoms with E-state index in [1.807, 2.05) is 13.8 Å². The summed E-state index contributed by atoms with van der Waals surface area (Å²) in [5.41, 5.74) is 0. The second-order valence-electron chi connectivity index (χ2n) is 5.10. The van der Waals surface area contributed by atoms with Crippen molar-refractivity contribution in [3.63, 3.8) is 0 Å². The van der Waals surface area contributed by atoms with Crippen LogP contribution in [0.4, 0.5) is 0 Å². The number of sulfonamides is 1. The highest BCUT2D eigenvalue weighted by Gasteiger charge is 2.35. The van der Waals surface area contributed by atoms with Crippen molar-refractivity contribution in [1.82, 2.24) is 4.31 Å². The Bertz CT molecular complexity index is 551. The Morgan fingerprint density at radius 2 is 2.16 bits per heavy atom. The van der Waals surface area contributed by atoms with Gasteiger partial charge < -0.3 is 4.42 Å². The van der Waals surface area contributed by atoms with Crippen molar-refractivity contribution in [3.8, 4) is 0 Å². The predicted octanol–water partition coefficient (Wildman–Crippen LogP) is 3.59. The number of hydrogen-bond acceptors (Lipinski definition) is 3. The summed E-state index contributed by atoms with van der Waals surface area (Å²) >= 11 is 8.84. The van der Waals surface area contributed by atoms with Gasteiger partial charge in [-0.1, -0.05) is 0 Å². The van der Waals surface area contributed by atoms with Gasteiger partial charge in [-0.3, -0.25) is 0 Å². The van der Waals surface area contributed by atoms with Gasteiger partial charge >= 0.3 is 0 Å². The maximum absolute atomic E-state index is 12.7. The van der Waals surface area contributed by atoms with Crippen molar-refractivity contribution in [3.05, 3.63) is 16.5 Å². The molecule has 0 saturated heterocycles. The maximum atomic E-state index is 12.7. The molecule has 0 amide bonds. The summed E-state index contributed by atoms with van der Waals surface area (Å²) in [6.07, 6.45) is 2.22. The fourth-order valence-corrected chi connectivity index (χ4v) is 4.71. The van der Waals surface area contributed by atoms with Crippen LogP contribution in [0.1, 0.15) is 32.4 Å². The molecule has 19 heavy (non-hydrogen) atoms. The Hall–Kier alpha value is -0.0400. The highest BCUT2D eigenvalue weighted by molar-refractivity contribution is 9.10. The van der Waals surface area contributed by atoms with Crippen LogP contribution in [-0.2, 0) is 15.9 Å². The van der Waals surface area contributed by atoms with Gasteiger partial charge in [0.15, 0.2) is 4.67 Å². The number of rotatable bonds is 6. The zero-order valence-electron chi connectivity index (χ0n) is 10.9. The van der Waals surface area contributed by atoms with E-state index in [1.54, 1.807) is 0 Å². The van der Waals surface area contributed by atoms with Crippen molar-refractivity contribution in [2.45, 2.75) is 43.5 Å². The molecule has 1 aromatic rings. The average Bonchev–Trinajstić information content (AvgIpc) is 3.07. The van der Waals surface area contributed by atoms with E-state index in [9.17, 15) is 8.42 Å². The van der Waals surface area contributed by atoms with Crippen molar-refractivity contribution < 1.29 is 12.8 Å². The molecule has 2 rings (SSSR count). The molecule has 4 nitrogen and oxygen atoms in total. The van der Waals surface area contributed by atoms with E-state index in [2.05, 4.69) is 15.9 Å². The van der Waals surface area contributed by atoms with E-state index in [0.717, 1.165) is 12.8 Å². The van der Waals surface area contributed by atoms with Crippen molar-refractivity contribution in [2.75, 3.05) is 6.54 Å². The number of nitrogens with zero attached hydrogens (tertiary/aromatic N) is 1. The van der Waals surface area contributed by atoms with Crippen LogP contribution in [0, 0.1) is 5.92 Å². The highest BCUT2D eigenvalue weighted by atomic mass is 79.9. The SMILES string of the molecule is CC(C)N(CC1CC1)S(=O)(=O)c1cc(CCl)oc1Br. The molecule has 0 aromatic carbocycles. The molecule has 0 aliphatic heterocycles. The van der Waals surface area contributed by atoms with Gasteiger partial charge in [0.25, 0.3) is 0 Å². The van der Waals surface area contributed by atoms with Gasteiger partial charge in [-0.25, -0.2) is 8.42 Å². The summed E-state index contributed by atoms with van der Waals surface area (Å²) in [6, 6.07) is 1.42. The number of hydrogen-bond donors (Lipinski definition) is 0. The average molecular weight is 371 g/mol. The van der Waals surface area contributed by atoms with Crippen LogP contribution in [0.2, 0.25) is 0 Å². The van der Waals surface area contributed by atoms with E-state index < -0.39 is 10.0 Å². The third-order valence-electron chi connectivity index (χ3n) is 3.14. The molecule has 1 saturated carbocycles. The van der Waals surface area contributed by atoms with Gasteiger partial charge in [-0.05, 0) is 48.5 Å². The lowest BCUT2D eigenvalue weighted by Crippen LogP contribution is -2.38. The maximum Gasteiger partial charge on any atom is 0.247 e. The van der Waals surface area contributed by atoms with E-state index in [1.165, 1.54) is 10.4 Å². The van der Waals surface area contributed by atoms with Gasteiger partial charge in [-0.15, -0.1) is 11.6 Å². The lowest BCUT2D eigenvalue weighted by atomic mass is 10.3. The topological polar surface area (TPSA) is 50.5 Å². The predicted molar refractivity (Wildman–Crippen MR) is 77.7 cm³/mol. The minimum absolute atomic E-state index is 0.0770. The summed E-state index contributed by atoms with van der Waals surface area (Å²) < 4.78 is 32.4. The van der Waals surface area contributed by atoms with Gasteiger partial charge in [0.05, 0.1) is 5.88 Å². The van der Waals surface area contributed by atoms with Crippen LogP contribution in [0.15, 0.2) is 20.0 Å². The number of alkyl halides is 1. The smallest absolute Gasteiger partial charge is 0.247 e. The Balaban J connectivity index is 2.34. The Morgan fingerprint density at radius 1 is 1.53 bits per heavy atom. The Morgan fingerprint density at radius 3 is 2.58 bits per heavy atom. The van der Waals surface area contributed by atoms with Gasteiger partial charge in [-0.2, -0.15) is 4.31 Å². The molecule has 0 bridgehead atoms. The summed E-state index contributed by atoms with van der Waals surface area (Å²) in [6.45, 7) is 4.35. The first-order valence-corrected chi connectivity index (χ1v) is 8.99. The van der Waals surface area contributed by atoms with Crippen molar-refractivity contribution in [2.24, 2.45) is 5.92 Å². The number of halogens is 2. The molecule has 0 atom stereocenters. The largest absolute Gasteiger partial charge is 0.452 e. The van der Waals surface area contributed by atoms with E-state index in [0.29, 0.717) is 18.2 Å². The molecule has 1 aromatic heterocycles. The molecule has 0 N–H and O–H groups in total. The Kier molecular flexibility index (Phi) is 4.65. The molecule has 0 radical (unpaired) electrons. The zero-order valence-corrected chi connectivity index (χ0v) is 14.1. The molecule has 7 heteroatoms. The van der Waals surface area contributed by atoms with Crippen LogP contribution in [-0.4, -0.2) is 25.3 Å². The lowest BCUT2D eigenvalue weighted by molar-refractivity contribution is 0.341. The quantitative estimate of drug-likeness (QED) is 0.719. The lowest BCUT2D eigenvalue weighted by Gasteiger charge is -2.25.